The number of amides is 1. The van der Waals surface area contributed by atoms with Gasteiger partial charge in [-0.3, -0.25) is 4.79 Å². The van der Waals surface area contributed by atoms with Gasteiger partial charge in [-0.1, -0.05) is 15.9 Å². The lowest BCUT2D eigenvalue weighted by molar-refractivity contribution is -0.144. The predicted molar refractivity (Wildman–Crippen MR) is 91.0 cm³/mol. The molecule has 1 amide bonds. The molecule has 0 aromatic heterocycles. The molecule has 1 aromatic rings. The van der Waals surface area contributed by atoms with E-state index in [4.69, 9.17) is 14.2 Å². The minimum atomic E-state index is -0.764. The summed E-state index contributed by atoms with van der Waals surface area (Å²) in [6.45, 7) is 2.52. The van der Waals surface area contributed by atoms with Gasteiger partial charge in [0.05, 0.1) is 18.9 Å². The number of anilines is 1. The Bertz CT molecular complexity index is 572. The normalized spacial score (nSPS) is 19.6. The van der Waals surface area contributed by atoms with Crippen LogP contribution in [0.5, 0.6) is 5.75 Å². The van der Waals surface area contributed by atoms with Crippen molar-refractivity contribution in [3.8, 4) is 5.75 Å². The maximum Gasteiger partial charge on any atom is 0.271 e. The molecule has 3 rings (SSSR count). The van der Waals surface area contributed by atoms with Crippen LogP contribution in [0.4, 0.5) is 5.69 Å². The number of carbonyl (C=O) groups excluding carboxylic acids is 1. The molecule has 1 spiro atoms. The molecule has 2 aliphatic rings. The number of carbonyl (C=O) groups is 1. The summed E-state index contributed by atoms with van der Waals surface area (Å²) in [4.78, 5) is 15.0. The molecule has 5 nitrogen and oxygen atoms in total. The summed E-state index contributed by atoms with van der Waals surface area (Å²) in [5.74, 6) is 0.838. The Balaban J connectivity index is 1.87. The van der Waals surface area contributed by atoms with Gasteiger partial charge < -0.3 is 19.1 Å². The first kappa shape index (κ1) is 16.7. The van der Waals surface area contributed by atoms with Crippen LogP contribution in [0.2, 0.25) is 0 Å². The number of fused-ring (bicyclic) bond motifs is 1. The summed E-state index contributed by atoms with van der Waals surface area (Å²) in [6, 6.07) is 5.84. The minimum absolute atomic E-state index is 0.0591. The molecule has 0 bridgehead atoms. The topological polar surface area (TPSA) is 48.0 Å². The van der Waals surface area contributed by atoms with Gasteiger partial charge in [-0.25, -0.2) is 0 Å². The number of ether oxygens (including phenoxy) is 3. The second-order valence-corrected chi connectivity index (χ2v) is 6.89. The van der Waals surface area contributed by atoms with Crippen molar-refractivity contribution in [2.45, 2.75) is 31.3 Å². The first-order chi connectivity index (χ1) is 11.2. The monoisotopic (exact) mass is 383 g/mol. The molecule has 0 saturated carbocycles. The van der Waals surface area contributed by atoms with Crippen molar-refractivity contribution in [1.29, 1.82) is 0 Å². The average molecular weight is 384 g/mol. The smallest absolute Gasteiger partial charge is 0.271 e. The molecule has 0 unspecified atom stereocenters. The molecule has 0 aliphatic carbocycles. The number of nitrogens with zero attached hydrogens (tertiary/aromatic N) is 1. The molecule has 0 atom stereocenters. The molecule has 6 heteroatoms. The average Bonchev–Trinajstić information content (AvgIpc) is 2.56. The maximum atomic E-state index is 13.1. The van der Waals surface area contributed by atoms with Gasteiger partial charge in [-0.2, -0.15) is 0 Å². The highest BCUT2D eigenvalue weighted by Gasteiger charge is 2.49. The van der Waals surface area contributed by atoms with Crippen molar-refractivity contribution < 1.29 is 19.0 Å². The summed E-state index contributed by atoms with van der Waals surface area (Å²) < 4.78 is 17.6. The van der Waals surface area contributed by atoms with E-state index in [-0.39, 0.29) is 5.91 Å². The van der Waals surface area contributed by atoms with Gasteiger partial charge in [-0.15, -0.1) is 0 Å². The lowest BCUT2D eigenvalue weighted by Crippen LogP contribution is -2.58. The summed E-state index contributed by atoms with van der Waals surface area (Å²) in [5, 5.41) is 0. The molecule has 0 radical (unpaired) electrons. The number of methoxy groups -OCH3 is 1. The number of halogens is 1. The van der Waals surface area contributed by atoms with Gasteiger partial charge in [-0.05, 0) is 31.0 Å². The van der Waals surface area contributed by atoms with Crippen molar-refractivity contribution in [3.05, 3.63) is 22.7 Å². The van der Waals surface area contributed by atoms with Gasteiger partial charge in [0, 0.05) is 37.6 Å². The van der Waals surface area contributed by atoms with Crippen LogP contribution in [0, 0.1) is 0 Å². The Hall–Kier alpha value is -1.11. The fourth-order valence-corrected chi connectivity index (χ4v) is 3.50. The number of rotatable bonds is 5. The standard InChI is InChI=1S/C17H22BrNO4/c1-21-9-3-2-8-19-14-12-13(18)4-5-15(14)23-17(16(19)20)6-10-22-11-7-17/h4-5,12H,2-3,6-11H2,1H3. The van der Waals surface area contributed by atoms with Crippen molar-refractivity contribution in [2.24, 2.45) is 0 Å². The minimum Gasteiger partial charge on any atom is -0.475 e. The molecule has 2 aliphatic heterocycles. The van der Waals surface area contributed by atoms with Crippen molar-refractivity contribution in [2.75, 3.05) is 38.4 Å². The SMILES string of the molecule is COCCCCN1C(=O)C2(CCOCC2)Oc2ccc(Br)cc21. The summed E-state index contributed by atoms with van der Waals surface area (Å²) >= 11 is 3.48. The van der Waals surface area contributed by atoms with Gasteiger partial charge in [0.2, 0.25) is 0 Å². The molecule has 2 heterocycles. The van der Waals surface area contributed by atoms with Crippen LogP contribution in [0.25, 0.3) is 0 Å². The Morgan fingerprint density at radius 1 is 1.30 bits per heavy atom. The zero-order valence-electron chi connectivity index (χ0n) is 13.3. The maximum absolute atomic E-state index is 13.1. The van der Waals surface area contributed by atoms with Crippen LogP contribution in [-0.2, 0) is 14.3 Å². The molecular formula is C17H22BrNO4. The highest BCUT2D eigenvalue weighted by atomic mass is 79.9. The zero-order chi connectivity index (χ0) is 16.3. The number of benzene rings is 1. The Labute approximate surface area is 145 Å². The lowest BCUT2D eigenvalue weighted by atomic mass is 9.90. The van der Waals surface area contributed by atoms with Gasteiger partial charge >= 0.3 is 0 Å². The Morgan fingerprint density at radius 3 is 2.83 bits per heavy atom. The van der Waals surface area contributed by atoms with E-state index in [2.05, 4.69) is 15.9 Å². The second kappa shape index (κ2) is 7.20. The predicted octanol–water partition coefficient (Wildman–Crippen LogP) is 3.15. The number of hydrogen-bond donors (Lipinski definition) is 0. The first-order valence-electron chi connectivity index (χ1n) is 8.03. The molecule has 1 saturated heterocycles. The van der Waals surface area contributed by atoms with Crippen molar-refractivity contribution in [3.63, 3.8) is 0 Å². The van der Waals surface area contributed by atoms with E-state index in [0.717, 1.165) is 28.8 Å². The van der Waals surface area contributed by atoms with Crippen LogP contribution < -0.4 is 9.64 Å². The summed E-state index contributed by atoms with van der Waals surface area (Å²) in [6.07, 6.45) is 3.05. The van der Waals surface area contributed by atoms with Crippen molar-refractivity contribution in [1.82, 2.24) is 0 Å². The Morgan fingerprint density at radius 2 is 2.09 bits per heavy atom. The summed E-state index contributed by atoms with van der Waals surface area (Å²) in [5.41, 5.74) is 0.0827. The van der Waals surface area contributed by atoms with E-state index in [1.54, 1.807) is 7.11 Å². The number of hydrogen-bond acceptors (Lipinski definition) is 4. The van der Waals surface area contributed by atoms with E-state index >= 15 is 0 Å². The Kier molecular flexibility index (Phi) is 5.24. The molecule has 0 N–H and O–H groups in total. The third-order valence-electron chi connectivity index (χ3n) is 4.43. The largest absolute Gasteiger partial charge is 0.475 e. The third kappa shape index (κ3) is 3.39. The highest BCUT2D eigenvalue weighted by Crippen LogP contribution is 2.43. The zero-order valence-corrected chi connectivity index (χ0v) is 14.9. The summed E-state index contributed by atoms with van der Waals surface area (Å²) in [7, 11) is 1.70. The van der Waals surface area contributed by atoms with Crippen LogP contribution in [0.3, 0.4) is 0 Å². The third-order valence-corrected chi connectivity index (χ3v) is 4.93. The van der Waals surface area contributed by atoms with Gasteiger partial charge in [0.15, 0.2) is 5.60 Å². The van der Waals surface area contributed by atoms with Crippen LogP contribution in [0.15, 0.2) is 22.7 Å². The molecule has 23 heavy (non-hydrogen) atoms. The molecule has 126 valence electrons. The van der Waals surface area contributed by atoms with E-state index in [9.17, 15) is 4.79 Å². The van der Waals surface area contributed by atoms with E-state index in [0.29, 0.717) is 39.2 Å². The van der Waals surface area contributed by atoms with E-state index in [1.165, 1.54) is 0 Å². The number of unbranched alkanes of at least 4 members (excludes halogenated alkanes) is 1. The van der Waals surface area contributed by atoms with Gasteiger partial charge in [0.25, 0.3) is 5.91 Å². The van der Waals surface area contributed by atoms with Crippen molar-refractivity contribution >= 4 is 27.5 Å². The fourth-order valence-electron chi connectivity index (χ4n) is 3.15. The molecule has 1 aromatic carbocycles. The second-order valence-electron chi connectivity index (χ2n) is 5.98. The quantitative estimate of drug-likeness (QED) is 0.732. The molecule has 1 fully saturated rings. The molecular weight excluding hydrogens is 362 g/mol. The van der Waals surface area contributed by atoms with Crippen LogP contribution in [0.1, 0.15) is 25.7 Å². The fraction of sp³-hybridized carbons (Fsp3) is 0.588. The van der Waals surface area contributed by atoms with Crippen LogP contribution >= 0.6 is 15.9 Å². The van der Waals surface area contributed by atoms with E-state index in [1.807, 2.05) is 23.1 Å². The van der Waals surface area contributed by atoms with E-state index < -0.39 is 5.60 Å². The van der Waals surface area contributed by atoms with Crippen LogP contribution in [-0.4, -0.2) is 45.0 Å². The first-order valence-corrected chi connectivity index (χ1v) is 8.83. The highest BCUT2D eigenvalue weighted by molar-refractivity contribution is 9.10. The van der Waals surface area contributed by atoms with Gasteiger partial charge in [0.1, 0.15) is 5.75 Å². The lowest BCUT2D eigenvalue weighted by Gasteiger charge is -2.44.